The lowest BCUT2D eigenvalue weighted by molar-refractivity contribution is 0.102. The quantitative estimate of drug-likeness (QED) is 0.262. The molecular formula is C24H20N2O4S. The van der Waals surface area contributed by atoms with Gasteiger partial charge < -0.3 is 13.9 Å². The van der Waals surface area contributed by atoms with Crippen LogP contribution in [-0.4, -0.2) is 28.8 Å². The molecule has 156 valence electrons. The number of methoxy groups -OCH3 is 1. The average Bonchev–Trinajstić information content (AvgIpc) is 3.31. The van der Waals surface area contributed by atoms with Crippen LogP contribution in [0.15, 0.2) is 88.5 Å². The number of thioether (sulfide) groups is 1. The molecule has 0 radical (unpaired) electrons. The number of Topliss-reactive ketones (excluding diaryl/α,β-unsaturated/α-hetero) is 1. The number of carbonyl (C=O) groups is 1. The smallest absolute Gasteiger partial charge is 0.277 e. The highest BCUT2D eigenvalue weighted by atomic mass is 32.2. The molecule has 31 heavy (non-hydrogen) atoms. The van der Waals surface area contributed by atoms with Gasteiger partial charge in [0.05, 0.1) is 12.9 Å². The Morgan fingerprint density at radius 1 is 0.903 bits per heavy atom. The highest BCUT2D eigenvalue weighted by Gasteiger charge is 2.13. The van der Waals surface area contributed by atoms with E-state index in [4.69, 9.17) is 13.9 Å². The topological polar surface area (TPSA) is 74.5 Å². The molecule has 1 heterocycles. The van der Waals surface area contributed by atoms with Crippen molar-refractivity contribution < 1.29 is 18.7 Å². The minimum absolute atomic E-state index is 0.0210. The third kappa shape index (κ3) is 5.52. The van der Waals surface area contributed by atoms with Gasteiger partial charge >= 0.3 is 0 Å². The lowest BCUT2D eigenvalue weighted by atomic mass is 10.1. The second-order valence-electron chi connectivity index (χ2n) is 6.61. The number of hydrogen-bond acceptors (Lipinski definition) is 7. The summed E-state index contributed by atoms with van der Waals surface area (Å²) in [5.74, 6) is 2.05. The van der Waals surface area contributed by atoms with Crippen LogP contribution in [-0.2, 0) is 6.61 Å². The maximum absolute atomic E-state index is 12.3. The highest BCUT2D eigenvalue weighted by molar-refractivity contribution is 7.99. The standard InChI is InChI=1S/C24H20N2O4S/c1-28-20-11-7-18(8-12-20)22(27)16-31-24-26-25-23(30-24)19-9-13-21(14-10-19)29-15-17-5-3-2-4-6-17/h2-14H,15-16H2,1H3. The van der Waals surface area contributed by atoms with Crippen LogP contribution < -0.4 is 9.47 Å². The second kappa shape index (κ2) is 9.95. The van der Waals surface area contributed by atoms with Gasteiger partial charge in [0.25, 0.3) is 5.22 Å². The fraction of sp³-hybridized carbons (Fsp3) is 0.125. The first-order valence-corrected chi connectivity index (χ1v) is 10.6. The highest BCUT2D eigenvalue weighted by Crippen LogP contribution is 2.26. The predicted octanol–water partition coefficient (Wildman–Crippen LogP) is 5.30. The summed E-state index contributed by atoms with van der Waals surface area (Å²) >= 11 is 1.21. The van der Waals surface area contributed by atoms with Crippen LogP contribution in [0.5, 0.6) is 11.5 Å². The molecule has 3 aromatic carbocycles. The van der Waals surface area contributed by atoms with Crippen molar-refractivity contribution in [1.82, 2.24) is 10.2 Å². The van der Waals surface area contributed by atoms with Crippen molar-refractivity contribution in [3.8, 4) is 23.0 Å². The van der Waals surface area contributed by atoms with E-state index in [1.807, 2.05) is 54.6 Å². The van der Waals surface area contributed by atoms with Crippen LogP contribution in [0, 0.1) is 0 Å². The summed E-state index contributed by atoms with van der Waals surface area (Å²) in [6.07, 6.45) is 0. The maximum Gasteiger partial charge on any atom is 0.277 e. The Kier molecular flexibility index (Phi) is 6.64. The van der Waals surface area contributed by atoms with Gasteiger partial charge in [0, 0.05) is 11.1 Å². The largest absolute Gasteiger partial charge is 0.497 e. The van der Waals surface area contributed by atoms with Crippen molar-refractivity contribution in [3.05, 3.63) is 90.0 Å². The number of carbonyl (C=O) groups excluding carboxylic acids is 1. The van der Waals surface area contributed by atoms with Crippen LogP contribution in [0.2, 0.25) is 0 Å². The van der Waals surface area contributed by atoms with E-state index >= 15 is 0 Å². The third-order valence-electron chi connectivity index (χ3n) is 4.49. The number of benzene rings is 3. The Morgan fingerprint density at radius 2 is 1.61 bits per heavy atom. The minimum Gasteiger partial charge on any atom is -0.497 e. The molecular weight excluding hydrogens is 412 g/mol. The van der Waals surface area contributed by atoms with Crippen molar-refractivity contribution in [1.29, 1.82) is 0 Å². The van der Waals surface area contributed by atoms with Gasteiger partial charge in [-0.25, -0.2) is 0 Å². The maximum atomic E-state index is 12.3. The van der Waals surface area contributed by atoms with Gasteiger partial charge in [0.1, 0.15) is 18.1 Å². The first kappa shape index (κ1) is 20.7. The zero-order valence-corrected chi connectivity index (χ0v) is 17.7. The van der Waals surface area contributed by atoms with Crippen molar-refractivity contribution in [2.24, 2.45) is 0 Å². The number of ether oxygens (including phenoxy) is 2. The normalized spacial score (nSPS) is 10.6. The van der Waals surface area contributed by atoms with Gasteiger partial charge in [-0.15, -0.1) is 10.2 Å². The van der Waals surface area contributed by atoms with Crippen molar-refractivity contribution >= 4 is 17.5 Å². The van der Waals surface area contributed by atoms with Gasteiger partial charge in [-0.3, -0.25) is 4.79 Å². The lowest BCUT2D eigenvalue weighted by Crippen LogP contribution is -2.02. The van der Waals surface area contributed by atoms with Crippen LogP contribution in [0.3, 0.4) is 0 Å². The number of rotatable bonds is 9. The first-order chi connectivity index (χ1) is 15.2. The average molecular weight is 433 g/mol. The molecule has 7 heteroatoms. The van der Waals surface area contributed by atoms with Gasteiger partial charge in [0.2, 0.25) is 5.89 Å². The third-order valence-corrected chi connectivity index (χ3v) is 5.31. The number of ketones is 1. The lowest BCUT2D eigenvalue weighted by Gasteiger charge is -2.06. The van der Waals surface area contributed by atoms with E-state index in [-0.39, 0.29) is 11.5 Å². The SMILES string of the molecule is COc1ccc(C(=O)CSc2nnc(-c3ccc(OCc4ccccc4)cc3)o2)cc1. The van der Waals surface area contributed by atoms with Crippen molar-refractivity contribution in [3.63, 3.8) is 0 Å². The molecule has 1 aromatic heterocycles. The summed E-state index contributed by atoms with van der Waals surface area (Å²) in [5.41, 5.74) is 2.50. The molecule has 4 aromatic rings. The molecule has 0 saturated carbocycles. The molecule has 0 saturated heterocycles. The van der Waals surface area contributed by atoms with Crippen molar-refractivity contribution in [2.45, 2.75) is 11.8 Å². The zero-order chi connectivity index (χ0) is 21.5. The van der Waals surface area contributed by atoms with Gasteiger partial charge in [0.15, 0.2) is 5.78 Å². The summed E-state index contributed by atoms with van der Waals surface area (Å²) in [5, 5.41) is 8.45. The molecule has 0 N–H and O–H groups in total. The van der Waals surface area contributed by atoms with E-state index in [1.165, 1.54) is 11.8 Å². The fourth-order valence-corrected chi connectivity index (χ4v) is 3.46. The minimum atomic E-state index is -0.0210. The molecule has 0 bridgehead atoms. The molecule has 0 aliphatic carbocycles. The first-order valence-electron chi connectivity index (χ1n) is 9.62. The Bertz CT molecular complexity index is 1130. The van der Waals surface area contributed by atoms with Crippen LogP contribution in [0.4, 0.5) is 0 Å². The van der Waals surface area contributed by atoms with E-state index < -0.39 is 0 Å². The van der Waals surface area contributed by atoms with E-state index in [9.17, 15) is 4.79 Å². The summed E-state index contributed by atoms with van der Waals surface area (Å²) in [4.78, 5) is 12.3. The van der Waals surface area contributed by atoms with Crippen LogP contribution in [0.25, 0.3) is 11.5 Å². The van der Waals surface area contributed by atoms with Gasteiger partial charge in [-0.2, -0.15) is 0 Å². The molecule has 0 spiro atoms. The molecule has 4 rings (SSSR count). The van der Waals surface area contributed by atoms with Crippen LogP contribution in [0.1, 0.15) is 15.9 Å². The second-order valence-corrected chi connectivity index (χ2v) is 7.54. The number of hydrogen-bond donors (Lipinski definition) is 0. The molecule has 0 atom stereocenters. The number of aromatic nitrogens is 2. The summed E-state index contributed by atoms with van der Waals surface area (Å²) in [6.45, 7) is 0.504. The zero-order valence-electron chi connectivity index (χ0n) is 16.9. The summed E-state index contributed by atoms with van der Waals surface area (Å²) in [6, 6.07) is 24.4. The molecule has 0 unspecified atom stereocenters. The van der Waals surface area contributed by atoms with Crippen LogP contribution >= 0.6 is 11.8 Å². The Hall–Kier alpha value is -3.58. The molecule has 0 aliphatic heterocycles. The molecule has 0 amide bonds. The molecule has 0 aliphatic rings. The molecule has 0 fully saturated rings. The van der Waals surface area contributed by atoms with Gasteiger partial charge in [-0.05, 0) is 54.1 Å². The van der Waals surface area contributed by atoms with E-state index in [1.54, 1.807) is 31.4 Å². The Labute approximate surface area is 184 Å². The molecule has 6 nitrogen and oxygen atoms in total. The Morgan fingerprint density at radius 3 is 2.32 bits per heavy atom. The Balaban J connectivity index is 1.32. The fourth-order valence-electron chi connectivity index (χ4n) is 2.81. The number of nitrogens with zero attached hydrogens (tertiary/aromatic N) is 2. The van der Waals surface area contributed by atoms with E-state index in [0.29, 0.717) is 29.0 Å². The van der Waals surface area contributed by atoms with E-state index in [2.05, 4.69) is 10.2 Å². The summed E-state index contributed by atoms with van der Waals surface area (Å²) in [7, 11) is 1.59. The predicted molar refractivity (Wildman–Crippen MR) is 119 cm³/mol. The van der Waals surface area contributed by atoms with Gasteiger partial charge in [-0.1, -0.05) is 42.1 Å². The summed E-state index contributed by atoms with van der Waals surface area (Å²) < 4.78 is 16.6. The van der Waals surface area contributed by atoms with Crippen molar-refractivity contribution in [2.75, 3.05) is 12.9 Å². The monoisotopic (exact) mass is 432 g/mol. The van der Waals surface area contributed by atoms with E-state index in [0.717, 1.165) is 16.9 Å².